The van der Waals surface area contributed by atoms with Crippen molar-refractivity contribution in [3.05, 3.63) is 22.4 Å². The van der Waals surface area contributed by atoms with Gasteiger partial charge >= 0.3 is 12.1 Å². The van der Waals surface area contributed by atoms with E-state index >= 15 is 0 Å². The Hall–Kier alpha value is -1.04. The molecule has 15 heavy (non-hydrogen) atoms. The zero-order valence-electron chi connectivity index (χ0n) is 7.97. The van der Waals surface area contributed by atoms with Crippen LogP contribution in [-0.4, -0.2) is 18.1 Å². The van der Waals surface area contributed by atoms with Crippen molar-refractivity contribution in [3.63, 3.8) is 0 Å². The second-order valence-electron chi connectivity index (χ2n) is 3.16. The Balaban J connectivity index is 2.43. The van der Waals surface area contributed by atoms with Gasteiger partial charge in [0.05, 0.1) is 0 Å². The molecule has 0 saturated heterocycles. The minimum Gasteiger partial charge on any atom is -0.345 e. The maximum Gasteiger partial charge on any atom is 0.471 e. The van der Waals surface area contributed by atoms with E-state index in [-0.39, 0.29) is 0 Å². The molecular weight excluding hydrogens is 227 g/mol. The van der Waals surface area contributed by atoms with Gasteiger partial charge in [0.1, 0.15) is 0 Å². The lowest BCUT2D eigenvalue weighted by atomic mass is 10.2. The van der Waals surface area contributed by atoms with Gasteiger partial charge in [-0.2, -0.15) is 13.2 Å². The maximum atomic E-state index is 11.9. The molecule has 84 valence electrons. The SMILES string of the molecule is CC(Cc1cccs1)NC(=O)C(F)(F)F. The zero-order valence-corrected chi connectivity index (χ0v) is 8.78. The fourth-order valence-electron chi connectivity index (χ4n) is 1.09. The van der Waals surface area contributed by atoms with Crippen molar-refractivity contribution in [3.8, 4) is 0 Å². The van der Waals surface area contributed by atoms with Gasteiger partial charge in [0.2, 0.25) is 0 Å². The largest absolute Gasteiger partial charge is 0.471 e. The van der Waals surface area contributed by atoms with Crippen molar-refractivity contribution in [1.82, 2.24) is 5.32 Å². The number of rotatable bonds is 3. The lowest BCUT2D eigenvalue weighted by molar-refractivity contribution is -0.174. The van der Waals surface area contributed by atoms with Gasteiger partial charge in [-0.3, -0.25) is 4.79 Å². The monoisotopic (exact) mass is 237 g/mol. The van der Waals surface area contributed by atoms with E-state index in [1.54, 1.807) is 6.92 Å². The molecule has 1 aromatic rings. The van der Waals surface area contributed by atoms with Crippen molar-refractivity contribution in [2.75, 3.05) is 0 Å². The number of hydrogen-bond donors (Lipinski definition) is 1. The highest BCUT2D eigenvalue weighted by Crippen LogP contribution is 2.16. The number of carbonyl (C=O) groups is 1. The lowest BCUT2D eigenvalue weighted by Gasteiger charge is -2.14. The first-order valence-corrected chi connectivity index (χ1v) is 5.17. The maximum absolute atomic E-state index is 11.9. The first-order chi connectivity index (χ1) is 6.89. The third kappa shape index (κ3) is 3.91. The zero-order chi connectivity index (χ0) is 11.5. The fourth-order valence-corrected chi connectivity index (χ4v) is 1.92. The van der Waals surface area contributed by atoms with Crippen molar-refractivity contribution in [2.24, 2.45) is 0 Å². The summed E-state index contributed by atoms with van der Waals surface area (Å²) in [7, 11) is 0. The van der Waals surface area contributed by atoms with Crippen molar-refractivity contribution in [1.29, 1.82) is 0 Å². The van der Waals surface area contributed by atoms with E-state index in [1.165, 1.54) is 11.3 Å². The van der Waals surface area contributed by atoms with Gasteiger partial charge in [-0.1, -0.05) is 6.07 Å². The molecule has 1 amide bonds. The molecule has 0 fully saturated rings. The third-order valence-electron chi connectivity index (χ3n) is 1.72. The topological polar surface area (TPSA) is 29.1 Å². The Morgan fingerprint density at radius 1 is 1.60 bits per heavy atom. The summed E-state index contributed by atoms with van der Waals surface area (Å²) in [5.41, 5.74) is 0. The standard InChI is InChI=1S/C9H10F3NOS/c1-6(5-7-3-2-4-15-7)13-8(14)9(10,11)12/h2-4,6H,5H2,1H3,(H,13,14). The Kier molecular flexibility index (Phi) is 3.73. The summed E-state index contributed by atoms with van der Waals surface area (Å²) in [6.07, 6.45) is -4.39. The first-order valence-electron chi connectivity index (χ1n) is 4.29. The molecule has 0 spiro atoms. The van der Waals surface area contributed by atoms with Gasteiger partial charge in [0.25, 0.3) is 0 Å². The van der Waals surface area contributed by atoms with Crippen LogP contribution in [0.3, 0.4) is 0 Å². The van der Waals surface area contributed by atoms with E-state index in [0.717, 1.165) is 4.88 Å². The molecule has 0 aliphatic carbocycles. The van der Waals surface area contributed by atoms with Crippen molar-refractivity contribution in [2.45, 2.75) is 25.6 Å². The van der Waals surface area contributed by atoms with Crippen LogP contribution in [0, 0.1) is 0 Å². The van der Waals surface area contributed by atoms with Crippen LogP contribution >= 0.6 is 11.3 Å². The van der Waals surface area contributed by atoms with Crippen LogP contribution < -0.4 is 5.32 Å². The Morgan fingerprint density at radius 2 is 2.27 bits per heavy atom. The van der Waals surface area contributed by atoms with Crippen LogP contribution in [0.4, 0.5) is 13.2 Å². The molecule has 0 saturated carbocycles. The molecule has 1 unspecified atom stereocenters. The summed E-state index contributed by atoms with van der Waals surface area (Å²) in [5.74, 6) is -1.88. The highest BCUT2D eigenvalue weighted by molar-refractivity contribution is 7.09. The fraction of sp³-hybridized carbons (Fsp3) is 0.444. The minimum atomic E-state index is -4.80. The van der Waals surface area contributed by atoms with Crippen molar-refractivity contribution >= 4 is 17.2 Å². The Bertz CT molecular complexity index is 321. The molecule has 1 N–H and O–H groups in total. The molecule has 2 nitrogen and oxygen atoms in total. The highest BCUT2D eigenvalue weighted by Gasteiger charge is 2.39. The number of amides is 1. The predicted octanol–water partition coefficient (Wildman–Crippen LogP) is 2.36. The average molecular weight is 237 g/mol. The quantitative estimate of drug-likeness (QED) is 0.859. The van der Waals surface area contributed by atoms with Crippen molar-refractivity contribution < 1.29 is 18.0 Å². The van der Waals surface area contributed by atoms with Crippen LogP contribution in [-0.2, 0) is 11.2 Å². The van der Waals surface area contributed by atoms with E-state index in [9.17, 15) is 18.0 Å². The van der Waals surface area contributed by atoms with Crippen LogP contribution in [0.2, 0.25) is 0 Å². The van der Waals surface area contributed by atoms with E-state index in [0.29, 0.717) is 6.42 Å². The highest BCUT2D eigenvalue weighted by atomic mass is 32.1. The molecular formula is C9H10F3NOS. The number of alkyl halides is 3. The molecule has 0 radical (unpaired) electrons. The summed E-state index contributed by atoms with van der Waals surface area (Å²) in [4.78, 5) is 11.5. The van der Waals surface area contributed by atoms with E-state index in [4.69, 9.17) is 0 Å². The normalized spacial score (nSPS) is 13.6. The minimum absolute atomic E-state index is 0.416. The van der Waals surface area contributed by atoms with Gasteiger partial charge in [-0.15, -0.1) is 11.3 Å². The Labute approximate surface area is 89.1 Å². The molecule has 1 heterocycles. The van der Waals surface area contributed by atoms with Crippen LogP contribution in [0.1, 0.15) is 11.8 Å². The molecule has 1 atom stereocenters. The van der Waals surface area contributed by atoms with E-state index in [2.05, 4.69) is 0 Å². The average Bonchev–Trinajstić information content (AvgIpc) is 2.54. The van der Waals surface area contributed by atoms with Gasteiger partial charge in [0.15, 0.2) is 0 Å². The van der Waals surface area contributed by atoms with Gasteiger partial charge < -0.3 is 5.32 Å². The molecule has 0 aromatic carbocycles. The number of nitrogens with one attached hydrogen (secondary N) is 1. The molecule has 6 heteroatoms. The molecule has 1 rings (SSSR count). The second-order valence-corrected chi connectivity index (χ2v) is 4.19. The second kappa shape index (κ2) is 4.65. The predicted molar refractivity (Wildman–Crippen MR) is 51.7 cm³/mol. The number of carbonyl (C=O) groups excluding carboxylic acids is 1. The van der Waals surface area contributed by atoms with Gasteiger partial charge in [0, 0.05) is 17.3 Å². The summed E-state index contributed by atoms with van der Waals surface area (Å²) in [5, 5.41) is 3.74. The lowest BCUT2D eigenvalue weighted by Crippen LogP contribution is -2.42. The van der Waals surface area contributed by atoms with Crippen LogP contribution in [0.25, 0.3) is 0 Å². The Morgan fingerprint density at radius 3 is 2.73 bits per heavy atom. The summed E-state index contributed by atoms with van der Waals surface area (Å²) in [6.45, 7) is 1.54. The molecule has 1 aromatic heterocycles. The molecule has 0 aliphatic rings. The first kappa shape index (κ1) is 12.0. The van der Waals surface area contributed by atoms with E-state index < -0.39 is 18.1 Å². The van der Waals surface area contributed by atoms with Crippen LogP contribution in [0.15, 0.2) is 17.5 Å². The smallest absolute Gasteiger partial charge is 0.345 e. The summed E-state index contributed by atoms with van der Waals surface area (Å²) < 4.78 is 35.6. The molecule has 0 bridgehead atoms. The van der Waals surface area contributed by atoms with E-state index in [1.807, 2.05) is 22.8 Å². The van der Waals surface area contributed by atoms with Crippen LogP contribution in [0.5, 0.6) is 0 Å². The van der Waals surface area contributed by atoms with Gasteiger partial charge in [-0.05, 0) is 18.4 Å². The number of hydrogen-bond acceptors (Lipinski definition) is 2. The molecule has 0 aliphatic heterocycles. The third-order valence-corrected chi connectivity index (χ3v) is 2.62. The summed E-state index contributed by atoms with van der Waals surface area (Å²) >= 11 is 1.45. The number of thiophene rings is 1. The summed E-state index contributed by atoms with van der Waals surface area (Å²) in [6, 6.07) is 3.12. The van der Waals surface area contributed by atoms with Gasteiger partial charge in [-0.25, -0.2) is 0 Å². The number of halogens is 3.